The van der Waals surface area contributed by atoms with Gasteiger partial charge in [-0.2, -0.15) is 0 Å². The van der Waals surface area contributed by atoms with Crippen molar-refractivity contribution in [1.29, 1.82) is 0 Å². The lowest BCUT2D eigenvalue weighted by molar-refractivity contribution is 0.0601. The Labute approximate surface area is 143 Å². The summed E-state index contributed by atoms with van der Waals surface area (Å²) in [5, 5.41) is 7.96. The molecule has 3 aromatic rings. The number of aryl methyl sites for hydroxylation is 1. The van der Waals surface area contributed by atoms with Gasteiger partial charge < -0.3 is 9.32 Å². The lowest BCUT2D eigenvalue weighted by atomic mass is 9.93. The molecule has 3 heterocycles. The fourth-order valence-electron chi connectivity index (χ4n) is 3.10. The van der Waals surface area contributed by atoms with Gasteiger partial charge in [0.1, 0.15) is 11.9 Å². The Kier molecular flexibility index (Phi) is 3.76. The van der Waals surface area contributed by atoms with Gasteiger partial charge in [0.25, 0.3) is 5.91 Å². The number of halogens is 1. The van der Waals surface area contributed by atoms with Gasteiger partial charge in [-0.25, -0.2) is 4.39 Å². The van der Waals surface area contributed by atoms with Gasteiger partial charge in [-0.15, -0.1) is 10.2 Å². The topological polar surface area (TPSA) is 72.1 Å². The van der Waals surface area contributed by atoms with Crippen molar-refractivity contribution in [3.05, 3.63) is 77.0 Å². The smallest absolute Gasteiger partial charge is 0.256 e. The van der Waals surface area contributed by atoms with Crippen molar-refractivity contribution in [2.75, 3.05) is 0 Å². The van der Waals surface area contributed by atoms with Gasteiger partial charge in [0, 0.05) is 26.1 Å². The van der Waals surface area contributed by atoms with Crippen molar-refractivity contribution >= 4 is 5.91 Å². The second kappa shape index (κ2) is 6.08. The number of amides is 1. The number of pyridine rings is 1. The zero-order valence-electron chi connectivity index (χ0n) is 13.5. The second-order valence-corrected chi connectivity index (χ2v) is 5.97. The summed E-state index contributed by atoms with van der Waals surface area (Å²) >= 11 is 0. The summed E-state index contributed by atoms with van der Waals surface area (Å²) in [5.41, 5.74) is 2.37. The Bertz CT molecular complexity index is 940. The number of carbonyl (C=O) groups is 1. The van der Waals surface area contributed by atoms with Crippen LogP contribution in [-0.2, 0) is 13.0 Å². The first-order valence-electron chi connectivity index (χ1n) is 7.90. The van der Waals surface area contributed by atoms with Crippen LogP contribution in [0, 0.1) is 12.7 Å². The lowest BCUT2D eigenvalue weighted by Gasteiger charge is -2.35. The highest BCUT2D eigenvalue weighted by Gasteiger charge is 2.34. The maximum Gasteiger partial charge on any atom is 0.256 e. The van der Waals surface area contributed by atoms with E-state index in [-0.39, 0.29) is 11.5 Å². The standard InChI is InChI=1S/C18H15FN4O2/c1-11-21-22-17(25-11)16-7-12-4-2-3-5-13(12)10-23(16)18(24)14-6-15(19)9-20-8-14/h2-6,8-9,16H,7,10H2,1H3/t16-/m1/s1. The number of nitrogens with zero attached hydrogens (tertiary/aromatic N) is 4. The van der Waals surface area contributed by atoms with Crippen molar-refractivity contribution in [3.8, 4) is 0 Å². The van der Waals surface area contributed by atoms with Crippen molar-refractivity contribution in [2.45, 2.75) is 25.9 Å². The van der Waals surface area contributed by atoms with E-state index in [1.165, 1.54) is 12.3 Å². The molecular weight excluding hydrogens is 323 g/mol. The van der Waals surface area contributed by atoms with Crippen molar-refractivity contribution in [1.82, 2.24) is 20.1 Å². The summed E-state index contributed by atoms with van der Waals surface area (Å²) < 4.78 is 19.1. The fourth-order valence-corrected chi connectivity index (χ4v) is 3.10. The molecule has 0 unspecified atom stereocenters. The van der Waals surface area contributed by atoms with Crippen LogP contribution in [0.1, 0.15) is 39.3 Å². The van der Waals surface area contributed by atoms with Gasteiger partial charge in [0.05, 0.1) is 11.8 Å². The van der Waals surface area contributed by atoms with Crippen LogP contribution < -0.4 is 0 Å². The van der Waals surface area contributed by atoms with Gasteiger partial charge >= 0.3 is 0 Å². The number of benzene rings is 1. The molecule has 0 spiro atoms. The van der Waals surface area contributed by atoms with Crippen LogP contribution in [0.5, 0.6) is 0 Å². The van der Waals surface area contributed by atoms with Crippen molar-refractivity contribution in [3.63, 3.8) is 0 Å². The third kappa shape index (κ3) is 2.88. The molecule has 126 valence electrons. The van der Waals surface area contributed by atoms with Crippen LogP contribution >= 0.6 is 0 Å². The van der Waals surface area contributed by atoms with Gasteiger partial charge in [-0.1, -0.05) is 24.3 Å². The monoisotopic (exact) mass is 338 g/mol. The Morgan fingerprint density at radius 1 is 1.24 bits per heavy atom. The highest BCUT2D eigenvalue weighted by molar-refractivity contribution is 5.94. The molecule has 2 aromatic heterocycles. The van der Waals surface area contributed by atoms with Gasteiger partial charge in [0.15, 0.2) is 0 Å². The first kappa shape index (κ1) is 15.4. The highest BCUT2D eigenvalue weighted by atomic mass is 19.1. The molecule has 0 saturated carbocycles. The van der Waals surface area contributed by atoms with Crippen LogP contribution in [-0.4, -0.2) is 26.0 Å². The summed E-state index contributed by atoms with van der Waals surface area (Å²) in [6, 6.07) is 8.69. The van der Waals surface area contributed by atoms with E-state index in [1.54, 1.807) is 11.8 Å². The molecule has 1 aliphatic rings. The highest BCUT2D eigenvalue weighted by Crippen LogP contribution is 2.33. The molecule has 0 bridgehead atoms. The van der Waals surface area contributed by atoms with E-state index >= 15 is 0 Å². The molecule has 0 saturated heterocycles. The summed E-state index contributed by atoms with van der Waals surface area (Å²) in [6.45, 7) is 2.09. The maximum atomic E-state index is 13.5. The Morgan fingerprint density at radius 2 is 2.04 bits per heavy atom. The molecule has 1 amide bonds. The van der Waals surface area contributed by atoms with E-state index in [1.807, 2.05) is 24.3 Å². The number of aromatic nitrogens is 3. The molecule has 1 atom stereocenters. The average molecular weight is 338 g/mol. The zero-order chi connectivity index (χ0) is 17.4. The molecule has 0 radical (unpaired) electrons. The van der Waals surface area contributed by atoms with Crippen LogP contribution in [0.15, 0.2) is 47.1 Å². The summed E-state index contributed by atoms with van der Waals surface area (Å²) in [7, 11) is 0. The molecule has 25 heavy (non-hydrogen) atoms. The predicted molar refractivity (Wildman–Crippen MR) is 86.0 cm³/mol. The molecule has 4 rings (SSSR count). The van der Waals surface area contributed by atoms with Gasteiger partial charge in [-0.05, 0) is 17.2 Å². The molecule has 0 aliphatic carbocycles. The normalized spacial score (nSPS) is 16.6. The van der Waals surface area contributed by atoms with Crippen LogP contribution in [0.25, 0.3) is 0 Å². The summed E-state index contributed by atoms with van der Waals surface area (Å²) in [5.74, 6) is -0.0470. The Balaban J connectivity index is 1.75. The minimum absolute atomic E-state index is 0.195. The predicted octanol–water partition coefficient (Wildman–Crippen LogP) is 2.85. The molecule has 6 nitrogen and oxygen atoms in total. The summed E-state index contributed by atoms with van der Waals surface area (Å²) in [6.07, 6.45) is 3.00. The summed E-state index contributed by atoms with van der Waals surface area (Å²) in [4.78, 5) is 18.4. The molecule has 7 heteroatoms. The zero-order valence-corrected chi connectivity index (χ0v) is 13.5. The Morgan fingerprint density at radius 3 is 2.76 bits per heavy atom. The second-order valence-electron chi connectivity index (χ2n) is 5.97. The first-order chi connectivity index (χ1) is 12.1. The lowest BCUT2D eigenvalue weighted by Crippen LogP contribution is -2.39. The molecule has 0 fully saturated rings. The first-order valence-corrected chi connectivity index (χ1v) is 7.90. The number of hydrogen-bond donors (Lipinski definition) is 0. The maximum absolute atomic E-state index is 13.5. The largest absolute Gasteiger partial charge is 0.423 e. The van der Waals surface area contributed by atoms with Crippen LogP contribution in [0.3, 0.4) is 0 Å². The van der Waals surface area contributed by atoms with Crippen molar-refractivity contribution in [2.24, 2.45) is 0 Å². The third-order valence-electron chi connectivity index (χ3n) is 4.29. The Hall–Kier alpha value is -3.09. The molecule has 1 aromatic carbocycles. The number of carbonyl (C=O) groups excluding carboxylic acids is 1. The SMILES string of the molecule is Cc1nnc([C@H]2Cc3ccccc3CN2C(=O)c2cncc(F)c2)o1. The molecule has 1 aliphatic heterocycles. The molecular formula is C18H15FN4O2. The van der Waals surface area contributed by atoms with Gasteiger partial charge in [0.2, 0.25) is 11.8 Å². The molecule has 0 N–H and O–H groups in total. The third-order valence-corrected chi connectivity index (χ3v) is 4.29. The van der Waals surface area contributed by atoms with E-state index in [0.717, 1.165) is 17.3 Å². The minimum Gasteiger partial charge on any atom is -0.423 e. The van der Waals surface area contributed by atoms with E-state index in [4.69, 9.17) is 4.42 Å². The average Bonchev–Trinajstić information content (AvgIpc) is 3.06. The quantitative estimate of drug-likeness (QED) is 0.718. The number of hydrogen-bond acceptors (Lipinski definition) is 5. The van der Waals surface area contributed by atoms with E-state index in [9.17, 15) is 9.18 Å². The van der Waals surface area contributed by atoms with Gasteiger partial charge in [-0.3, -0.25) is 9.78 Å². The van der Waals surface area contributed by atoms with Crippen LogP contribution in [0.4, 0.5) is 4.39 Å². The number of fused-ring (bicyclic) bond motifs is 1. The van der Waals surface area contributed by atoms with E-state index in [0.29, 0.717) is 24.7 Å². The minimum atomic E-state index is -0.548. The number of rotatable bonds is 2. The van der Waals surface area contributed by atoms with Crippen LogP contribution in [0.2, 0.25) is 0 Å². The van der Waals surface area contributed by atoms with E-state index < -0.39 is 11.9 Å². The van der Waals surface area contributed by atoms with E-state index in [2.05, 4.69) is 15.2 Å². The fraction of sp³-hybridized carbons (Fsp3) is 0.222. The van der Waals surface area contributed by atoms with Crippen molar-refractivity contribution < 1.29 is 13.6 Å².